The lowest BCUT2D eigenvalue weighted by atomic mass is 10.0. The summed E-state index contributed by atoms with van der Waals surface area (Å²) in [5.74, 6) is -0.514. The van der Waals surface area contributed by atoms with Crippen LogP contribution in [0.3, 0.4) is 0 Å². The molecule has 3 rings (SSSR count). The third-order valence-electron chi connectivity index (χ3n) is 5.38. The smallest absolute Gasteiger partial charge is 0.337 e. The van der Waals surface area contributed by atoms with Gasteiger partial charge in [0.05, 0.1) is 17.1 Å². The normalized spacial score (nSPS) is 11.2. The van der Waals surface area contributed by atoms with Gasteiger partial charge in [-0.15, -0.1) is 0 Å². The highest BCUT2D eigenvalue weighted by Crippen LogP contribution is 2.19. The molecule has 0 saturated heterocycles. The molecular formula is C26H30N2O5S. The number of carboxylic acids is 1. The Kier molecular flexibility index (Phi) is 9.04. The molecule has 180 valence electrons. The SMILES string of the molecule is CCCCCCc1ccc(CCOc2ccc(S(=O)(=O)Nc3ccc(C(=O)O)cn3)cc2)cc1. The first-order valence-corrected chi connectivity index (χ1v) is 12.9. The second-order valence-corrected chi connectivity index (χ2v) is 9.72. The molecule has 7 nitrogen and oxygen atoms in total. The van der Waals surface area contributed by atoms with Gasteiger partial charge in [-0.1, -0.05) is 50.5 Å². The van der Waals surface area contributed by atoms with Gasteiger partial charge in [0, 0.05) is 12.6 Å². The lowest BCUT2D eigenvalue weighted by Gasteiger charge is -2.10. The molecule has 0 atom stereocenters. The second kappa shape index (κ2) is 12.2. The average Bonchev–Trinajstić information content (AvgIpc) is 2.83. The van der Waals surface area contributed by atoms with E-state index < -0.39 is 16.0 Å². The Hall–Kier alpha value is -3.39. The summed E-state index contributed by atoms with van der Waals surface area (Å²) in [5.41, 5.74) is 2.53. The van der Waals surface area contributed by atoms with Gasteiger partial charge in [0.1, 0.15) is 11.6 Å². The molecule has 3 aromatic rings. The minimum Gasteiger partial charge on any atom is -0.493 e. The van der Waals surface area contributed by atoms with Gasteiger partial charge in [-0.3, -0.25) is 4.72 Å². The van der Waals surface area contributed by atoms with Crippen molar-refractivity contribution in [3.8, 4) is 5.75 Å². The van der Waals surface area contributed by atoms with E-state index >= 15 is 0 Å². The number of ether oxygens (including phenoxy) is 1. The fourth-order valence-corrected chi connectivity index (χ4v) is 4.42. The van der Waals surface area contributed by atoms with Crippen LogP contribution in [0.2, 0.25) is 0 Å². The number of nitrogens with zero attached hydrogens (tertiary/aromatic N) is 1. The van der Waals surface area contributed by atoms with E-state index in [0.717, 1.165) is 19.0 Å². The monoisotopic (exact) mass is 482 g/mol. The zero-order chi connectivity index (χ0) is 24.4. The van der Waals surface area contributed by atoms with Crippen LogP contribution in [0.1, 0.15) is 54.1 Å². The molecule has 8 heteroatoms. The number of benzene rings is 2. The minimum atomic E-state index is -3.86. The third kappa shape index (κ3) is 7.59. The quantitative estimate of drug-likeness (QED) is 0.319. The van der Waals surface area contributed by atoms with Crippen molar-refractivity contribution in [2.24, 2.45) is 0 Å². The van der Waals surface area contributed by atoms with Crippen molar-refractivity contribution in [2.45, 2.75) is 50.3 Å². The first-order valence-electron chi connectivity index (χ1n) is 11.4. The van der Waals surface area contributed by atoms with Crippen molar-refractivity contribution in [1.82, 2.24) is 4.98 Å². The Labute approximate surface area is 200 Å². The topological polar surface area (TPSA) is 106 Å². The van der Waals surface area contributed by atoms with E-state index in [9.17, 15) is 13.2 Å². The molecule has 1 aromatic heterocycles. The molecule has 0 unspecified atom stereocenters. The fourth-order valence-electron chi connectivity index (χ4n) is 3.41. The molecule has 0 saturated carbocycles. The van der Waals surface area contributed by atoms with Gasteiger partial charge in [-0.05, 0) is 60.4 Å². The molecule has 0 aliphatic rings. The number of unbranched alkanes of at least 4 members (excludes halogenated alkanes) is 3. The second-order valence-electron chi connectivity index (χ2n) is 8.04. The average molecular weight is 483 g/mol. The molecule has 1 heterocycles. The maximum atomic E-state index is 12.5. The number of aromatic nitrogens is 1. The summed E-state index contributed by atoms with van der Waals surface area (Å²) < 4.78 is 33.2. The summed E-state index contributed by atoms with van der Waals surface area (Å²) >= 11 is 0. The maximum Gasteiger partial charge on any atom is 0.337 e. The van der Waals surface area contributed by atoms with Crippen LogP contribution in [0, 0.1) is 0 Å². The van der Waals surface area contributed by atoms with Gasteiger partial charge in [-0.25, -0.2) is 18.2 Å². The first-order chi connectivity index (χ1) is 16.4. The highest BCUT2D eigenvalue weighted by molar-refractivity contribution is 7.92. The molecule has 2 N–H and O–H groups in total. The number of hydrogen-bond acceptors (Lipinski definition) is 5. The van der Waals surface area contributed by atoms with Crippen molar-refractivity contribution < 1.29 is 23.1 Å². The van der Waals surface area contributed by atoms with Crippen molar-refractivity contribution in [2.75, 3.05) is 11.3 Å². The Balaban J connectivity index is 1.48. The summed E-state index contributed by atoms with van der Waals surface area (Å²) in [6, 6.07) is 17.3. The van der Waals surface area contributed by atoms with Gasteiger partial charge in [0.2, 0.25) is 0 Å². The van der Waals surface area contributed by atoms with Gasteiger partial charge in [0.25, 0.3) is 10.0 Å². The van der Waals surface area contributed by atoms with Gasteiger partial charge in [0.15, 0.2) is 0 Å². The molecule has 0 aliphatic heterocycles. The number of pyridine rings is 1. The molecule has 0 radical (unpaired) electrons. The summed E-state index contributed by atoms with van der Waals surface area (Å²) in [6.07, 6.45) is 8.01. The molecule has 0 spiro atoms. The first kappa shape index (κ1) is 25.2. The standard InChI is InChI=1S/C26H30N2O5S/c1-2-3-4-5-6-20-7-9-21(10-8-20)17-18-33-23-12-14-24(15-13-23)34(31,32)28-25-16-11-22(19-27-25)26(29)30/h7-16,19H,2-6,17-18H2,1H3,(H,27,28)(H,29,30). The molecule has 34 heavy (non-hydrogen) atoms. The molecule has 0 amide bonds. The van der Waals surface area contributed by atoms with Crippen LogP contribution >= 0.6 is 0 Å². The Morgan fingerprint density at radius 3 is 2.18 bits per heavy atom. The van der Waals surface area contributed by atoms with Crippen LogP contribution in [0.4, 0.5) is 5.82 Å². The summed E-state index contributed by atoms with van der Waals surface area (Å²) in [5, 5.41) is 8.90. The third-order valence-corrected chi connectivity index (χ3v) is 6.76. The van der Waals surface area contributed by atoms with Crippen LogP contribution < -0.4 is 9.46 Å². The summed E-state index contributed by atoms with van der Waals surface area (Å²) in [4.78, 5) is 14.8. The zero-order valence-corrected chi connectivity index (χ0v) is 20.1. The summed E-state index contributed by atoms with van der Waals surface area (Å²) in [6.45, 7) is 2.70. The van der Waals surface area contributed by atoms with E-state index in [0.29, 0.717) is 12.4 Å². The number of carbonyl (C=O) groups is 1. The molecule has 2 aromatic carbocycles. The number of aromatic carboxylic acids is 1. The fraction of sp³-hybridized carbons (Fsp3) is 0.308. The van der Waals surface area contributed by atoms with E-state index in [1.807, 2.05) is 0 Å². The maximum absolute atomic E-state index is 12.5. The zero-order valence-electron chi connectivity index (χ0n) is 19.2. The van der Waals surface area contributed by atoms with Crippen molar-refractivity contribution in [3.05, 3.63) is 83.6 Å². The Morgan fingerprint density at radius 2 is 1.59 bits per heavy atom. The van der Waals surface area contributed by atoms with Crippen LogP contribution in [0.15, 0.2) is 71.8 Å². The van der Waals surface area contributed by atoms with Crippen molar-refractivity contribution in [3.63, 3.8) is 0 Å². The Bertz CT molecular complexity index is 1160. The minimum absolute atomic E-state index is 0.0252. The number of hydrogen-bond donors (Lipinski definition) is 2. The van der Waals surface area contributed by atoms with Crippen molar-refractivity contribution in [1.29, 1.82) is 0 Å². The molecule has 0 aliphatic carbocycles. The molecule has 0 fully saturated rings. The number of sulfonamides is 1. The van der Waals surface area contributed by atoms with E-state index in [2.05, 4.69) is 40.9 Å². The van der Waals surface area contributed by atoms with Gasteiger partial charge < -0.3 is 9.84 Å². The number of rotatable bonds is 13. The Morgan fingerprint density at radius 1 is 0.912 bits per heavy atom. The highest BCUT2D eigenvalue weighted by Gasteiger charge is 2.15. The molecule has 0 bridgehead atoms. The van der Waals surface area contributed by atoms with Crippen LogP contribution in [0.25, 0.3) is 0 Å². The van der Waals surface area contributed by atoms with E-state index in [-0.39, 0.29) is 16.3 Å². The van der Waals surface area contributed by atoms with Crippen LogP contribution in [0.5, 0.6) is 5.75 Å². The number of nitrogens with one attached hydrogen (secondary N) is 1. The van der Waals surface area contributed by atoms with E-state index in [4.69, 9.17) is 9.84 Å². The predicted octanol–water partition coefficient (Wildman–Crippen LogP) is 5.32. The lowest BCUT2D eigenvalue weighted by Crippen LogP contribution is -2.14. The van der Waals surface area contributed by atoms with E-state index in [1.165, 1.54) is 61.1 Å². The summed E-state index contributed by atoms with van der Waals surface area (Å²) in [7, 11) is -3.86. The number of anilines is 1. The number of aryl methyl sites for hydroxylation is 1. The van der Waals surface area contributed by atoms with Crippen LogP contribution in [-0.4, -0.2) is 31.1 Å². The largest absolute Gasteiger partial charge is 0.493 e. The predicted molar refractivity (Wildman–Crippen MR) is 132 cm³/mol. The van der Waals surface area contributed by atoms with Gasteiger partial charge >= 0.3 is 5.97 Å². The lowest BCUT2D eigenvalue weighted by molar-refractivity contribution is 0.0696. The van der Waals surface area contributed by atoms with Gasteiger partial charge in [-0.2, -0.15) is 0 Å². The molecular weight excluding hydrogens is 452 g/mol. The van der Waals surface area contributed by atoms with Crippen molar-refractivity contribution >= 4 is 21.8 Å². The van der Waals surface area contributed by atoms with E-state index in [1.54, 1.807) is 12.1 Å². The van der Waals surface area contributed by atoms with Crippen LogP contribution in [-0.2, 0) is 22.9 Å². The highest BCUT2D eigenvalue weighted by atomic mass is 32.2. The number of carboxylic acid groups (broad SMARTS) is 1.